The van der Waals surface area contributed by atoms with Crippen LogP contribution in [0.4, 0.5) is 11.5 Å². The molecule has 2 N–H and O–H groups in total. The number of fused-ring (bicyclic) bond motifs is 2. The molecule has 3 atom stereocenters. The first kappa shape index (κ1) is 25.5. The first-order valence-corrected chi connectivity index (χ1v) is 14.0. The molecule has 1 aromatic heterocycles. The lowest BCUT2D eigenvalue weighted by Crippen LogP contribution is -2.24. The van der Waals surface area contributed by atoms with Gasteiger partial charge in [0, 0.05) is 43.4 Å². The van der Waals surface area contributed by atoms with Crippen LogP contribution in [0.5, 0.6) is 17.2 Å². The van der Waals surface area contributed by atoms with Crippen LogP contribution >= 0.6 is 0 Å². The van der Waals surface area contributed by atoms with Gasteiger partial charge in [0.1, 0.15) is 17.9 Å². The Morgan fingerprint density at radius 3 is 2.39 bits per heavy atom. The van der Waals surface area contributed by atoms with Crippen LogP contribution in [0.1, 0.15) is 5.56 Å². The highest BCUT2D eigenvalue weighted by atomic mass is 16.5. The van der Waals surface area contributed by atoms with E-state index in [4.69, 9.17) is 9.47 Å². The number of rotatable bonds is 9. The molecule has 0 amide bonds. The first-order valence-electron chi connectivity index (χ1n) is 14.0. The van der Waals surface area contributed by atoms with Gasteiger partial charge in [0.05, 0.1) is 12.6 Å². The zero-order chi connectivity index (χ0) is 27.8. The maximum absolute atomic E-state index is 9.42. The number of nitrogens with zero attached hydrogens (tertiary/aromatic N) is 3. The second kappa shape index (κ2) is 10.8. The summed E-state index contributed by atoms with van der Waals surface area (Å²) >= 11 is 0. The predicted molar refractivity (Wildman–Crippen MR) is 161 cm³/mol. The standard InChI is InChI=1S/C34H32N4O3/c1-40-33-16-25(12-14-32(33)41-26-5-3-2-4-6-26)37-34-27-15-24(11-13-31(27)35-21-36-34)23-9-7-22(8-10-23)17-38-18-28-29(19-38)30(28)20-39/h2-16,21,28-30,39H,17-20H2,1H3,(H,35,36,37)/t28-,29+,30?. The molecule has 1 saturated carbocycles. The van der Waals surface area contributed by atoms with Crippen molar-refractivity contribution in [2.45, 2.75) is 6.54 Å². The van der Waals surface area contributed by atoms with Gasteiger partial charge in [-0.25, -0.2) is 9.97 Å². The number of anilines is 2. The van der Waals surface area contributed by atoms with E-state index in [9.17, 15) is 5.11 Å². The maximum Gasteiger partial charge on any atom is 0.169 e. The minimum absolute atomic E-state index is 0.343. The van der Waals surface area contributed by atoms with Crippen molar-refractivity contribution in [3.63, 3.8) is 0 Å². The van der Waals surface area contributed by atoms with Crippen molar-refractivity contribution < 1.29 is 14.6 Å². The zero-order valence-corrected chi connectivity index (χ0v) is 22.9. The van der Waals surface area contributed by atoms with Crippen LogP contribution in [0.3, 0.4) is 0 Å². The highest BCUT2D eigenvalue weighted by Crippen LogP contribution is 2.51. The minimum atomic E-state index is 0.343. The molecule has 0 radical (unpaired) electrons. The van der Waals surface area contributed by atoms with Crippen molar-refractivity contribution in [3.8, 4) is 28.4 Å². The number of hydrogen-bond donors (Lipinski definition) is 2. The van der Waals surface area contributed by atoms with Crippen molar-refractivity contribution in [1.29, 1.82) is 0 Å². The van der Waals surface area contributed by atoms with Crippen molar-refractivity contribution in [2.24, 2.45) is 17.8 Å². The molecule has 206 valence electrons. The molecule has 41 heavy (non-hydrogen) atoms. The lowest BCUT2D eigenvalue weighted by molar-refractivity contribution is 0.217. The van der Waals surface area contributed by atoms with E-state index < -0.39 is 0 Å². The van der Waals surface area contributed by atoms with Gasteiger partial charge in [-0.2, -0.15) is 0 Å². The third kappa shape index (κ3) is 5.22. The van der Waals surface area contributed by atoms with E-state index in [1.54, 1.807) is 13.4 Å². The summed E-state index contributed by atoms with van der Waals surface area (Å²) in [5, 5.41) is 13.8. The minimum Gasteiger partial charge on any atom is -0.493 e. The van der Waals surface area contributed by atoms with Crippen LogP contribution in [0.15, 0.2) is 97.3 Å². The molecular weight excluding hydrogens is 512 g/mol. The highest BCUT2D eigenvalue weighted by molar-refractivity contribution is 5.94. The van der Waals surface area contributed by atoms with E-state index in [-0.39, 0.29) is 0 Å². The van der Waals surface area contributed by atoms with Gasteiger partial charge >= 0.3 is 0 Å². The number of likely N-dealkylation sites (tertiary alicyclic amines) is 1. The molecule has 1 unspecified atom stereocenters. The summed E-state index contributed by atoms with van der Waals surface area (Å²) in [6.07, 6.45) is 1.58. The second-order valence-electron chi connectivity index (χ2n) is 10.9. The van der Waals surface area contributed by atoms with Gasteiger partial charge in [0.25, 0.3) is 0 Å². The van der Waals surface area contributed by atoms with Gasteiger partial charge in [-0.3, -0.25) is 4.90 Å². The molecule has 2 fully saturated rings. The number of methoxy groups -OCH3 is 1. The van der Waals surface area contributed by atoms with Crippen molar-refractivity contribution in [3.05, 3.63) is 103 Å². The molecule has 0 spiro atoms. The molecule has 2 aliphatic rings. The average molecular weight is 545 g/mol. The number of piperidine rings is 1. The summed E-state index contributed by atoms with van der Waals surface area (Å²) in [6, 6.07) is 30.5. The molecule has 5 aromatic rings. The molecule has 7 heteroatoms. The number of para-hydroxylation sites is 1. The Balaban J connectivity index is 1.09. The van der Waals surface area contributed by atoms with Crippen LogP contribution in [-0.4, -0.2) is 46.8 Å². The second-order valence-corrected chi connectivity index (χ2v) is 10.9. The molecule has 1 saturated heterocycles. The largest absolute Gasteiger partial charge is 0.493 e. The Bertz CT molecular complexity index is 1660. The summed E-state index contributed by atoms with van der Waals surface area (Å²) in [6.45, 7) is 3.51. The van der Waals surface area contributed by atoms with Gasteiger partial charge in [0.15, 0.2) is 11.5 Å². The maximum atomic E-state index is 9.42. The van der Waals surface area contributed by atoms with E-state index in [1.807, 2.05) is 54.6 Å². The van der Waals surface area contributed by atoms with Crippen LogP contribution in [0.25, 0.3) is 22.0 Å². The quantitative estimate of drug-likeness (QED) is 0.219. The van der Waals surface area contributed by atoms with Crippen LogP contribution in [-0.2, 0) is 6.54 Å². The number of benzene rings is 4. The van der Waals surface area contributed by atoms with Crippen molar-refractivity contribution in [1.82, 2.24) is 14.9 Å². The van der Waals surface area contributed by atoms with E-state index in [1.165, 1.54) is 5.56 Å². The van der Waals surface area contributed by atoms with E-state index in [0.717, 1.165) is 58.9 Å². The third-order valence-electron chi connectivity index (χ3n) is 8.38. The molecule has 1 aliphatic carbocycles. The lowest BCUT2D eigenvalue weighted by Gasteiger charge is -2.19. The molecule has 4 aromatic carbocycles. The fourth-order valence-corrected chi connectivity index (χ4v) is 6.12. The first-order chi connectivity index (χ1) is 20.2. The average Bonchev–Trinajstić information content (AvgIpc) is 3.50. The fraction of sp³-hybridized carbons (Fsp3) is 0.235. The number of ether oxygens (including phenoxy) is 2. The SMILES string of the molecule is COc1cc(Nc2ncnc3ccc(-c4ccc(CN5C[C@@H]6C(CO)[C@@H]6C5)cc4)cc23)ccc1Oc1ccccc1. The zero-order valence-electron chi connectivity index (χ0n) is 22.9. The normalized spacial score (nSPS) is 19.6. The smallest absolute Gasteiger partial charge is 0.169 e. The number of hydrogen-bond acceptors (Lipinski definition) is 7. The Morgan fingerprint density at radius 2 is 1.63 bits per heavy atom. The highest BCUT2D eigenvalue weighted by Gasteiger charge is 2.54. The molecular formula is C34H32N4O3. The summed E-state index contributed by atoms with van der Waals surface area (Å²) in [5.74, 6) is 4.67. The van der Waals surface area contributed by atoms with Gasteiger partial charge in [-0.1, -0.05) is 48.5 Å². The van der Waals surface area contributed by atoms with Gasteiger partial charge < -0.3 is 19.9 Å². The molecule has 2 heterocycles. The monoisotopic (exact) mass is 544 g/mol. The van der Waals surface area contributed by atoms with Gasteiger partial charge in [-0.15, -0.1) is 0 Å². The number of aliphatic hydroxyl groups is 1. The van der Waals surface area contributed by atoms with E-state index >= 15 is 0 Å². The fourth-order valence-electron chi connectivity index (χ4n) is 6.12. The lowest BCUT2D eigenvalue weighted by atomic mass is 10.0. The Kier molecular flexibility index (Phi) is 6.74. The Morgan fingerprint density at radius 1 is 0.854 bits per heavy atom. The summed E-state index contributed by atoms with van der Waals surface area (Å²) in [4.78, 5) is 11.6. The van der Waals surface area contributed by atoms with Gasteiger partial charge in [-0.05, 0) is 70.8 Å². The van der Waals surface area contributed by atoms with E-state index in [2.05, 4.69) is 56.6 Å². The molecule has 1 aliphatic heterocycles. The number of aliphatic hydroxyl groups excluding tert-OH is 1. The van der Waals surface area contributed by atoms with Gasteiger partial charge in [0.2, 0.25) is 0 Å². The number of nitrogens with one attached hydrogen (secondary N) is 1. The van der Waals surface area contributed by atoms with Crippen LogP contribution in [0, 0.1) is 17.8 Å². The molecule has 0 bridgehead atoms. The summed E-state index contributed by atoms with van der Waals surface area (Å²) in [7, 11) is 1.63. The summed E-state index contributed by atoms with van der Waals surface area (Å²) < 4.78 is 11.6. The topological polar surface area (TPSA) is 79.7 Å². The molecule has 7 rings (SSSR count). The van der Waals surface area contributed by atoms with Crippen molar-refractivity contribution >= 4 is 22.4 Å². The van der Waals surface area contributed by atoms with Crippen LogP contribution < -0.4 is 14.8 Å². The Hall–Kier alpha value is -4.46. The van der Waals surface area contributed by atoms with E-state index in [0.29, 0.717) is 35.9 Å². The van der Waals surface area contributed by atoms with Crippen molar-refractivity contribution in [2.75, 3.05) is 32.1 Å². The van der Waals surface area contributed by atoms with Crippen LogP contribution in [0.2, 0.25) is 0 Å². The predicted octanol–water partition coefficient (Wildman–Crippen LogP) is 6.51. The Labute approximate surface area is 239 Å². The third-order valence-corrected chi connectivity index (χ3v) is 8.38. The molecule has 7 nitrogen and oxygen atoms in total. The number of aromatic nitrogens is 2. The summed E-state index contributed by atoms with van der Waals surface area (Å²) in [5.41, 5.74) is 5.28.